The maximum absolute atomic E-state index is 5.24. The zero-order valence-corrected chi connectivity index (χ0v) is 10.3. The molecule has 1 unspecified atom stereocenters. The van der Waals surface area contributed by atoms with Crippen molar-refractivity contribution in [3.05, 3.63) is 29.3 Å². The topological polar surface area (TPSA) is 24.5 Å². The molecule has 0 radical (unpaired) electrons. The summed E-state index contributed by atoms with van der Waals surface area (Å²) in [4.78, 5) is 2.23. The lowest BCUT2D eigenvalue weighted by Gasteiger charge is -2.28. The summed E-state index contributed by atoms with van der Waals surface area (Å²) in [6.45, 7) is 2.04. The summed E-state index contributed by atoms with van der Waals surface area (Å²) in [6.07, 6.45) is 1.11. The first-order valence-corrected chi connectivity index (χ1v) is 5.73. The number of hydrogen-bond acceptors (Lipinski definition) is 3. The number of nitrogens with zero attached hydrogens (tertiary/aromatic N) is 1. The number of rotatable bonds is 3. The van der Waals surface area contributed by atoms with Crippen LogP contribution in [0, 0.1) is 0 Å². The number of ether oxygens (including phenoxy) is 1. The predicted octanol–water partition coefficient (Wildman–Crippen LogP) is 1.27. The van der Waals surface area contributed by atoms with Crippen LogP contribution < -0.4 is 10.1 Å². The van der Waals surface area contributed by atoms with Crippen LogP contribution in [-0.2, 0) is 13.0 Å². The zero-order chi connectivity index (χ0) is 11.5. The number of nitrogens with one attached hydrogen (secondary N) is 1. The second-order valence-corrected chi connectivity index (χ2v) is 4.68. The molecule has 0 saturated carbocycles. The van der Waals surface area contributed by atoms with Gasteiger partial charge in [-0.2, -0.15) is 0 Å². The van der Waals surface area contributed by atoms with Gasteiger partial charge in [-0.1, -0.05) is 6.07 Å². The molecule has 0 amide bonds. The van der Waals surface area contributed by atoms with Crippen molar-refractivity contribution in [2.75, 3.05) is 27.7 Å². The lowest BCUT2D eigenvalue weighted by atomic mass is 9.95. The van der Waals surface area contributed by atoms with E-state index in [2.05, 4.69) is 42.5 Å². The summed E-state index contributed by atoms with van der Waals surface area (Å²) in [5, 5.41) is 3.56. The van der Waals surface area contributed by atoms with Gasteiger partial charge in [0.05, 0.1) is 7.11 Å². The molecule has 0 spiro atoms. The molecule has 16 heavy (non-hydrogen) atoms. The molecule has 1 aromatic carbocycles. The van der Waals surface area contributed by atoms with Gasteiger partial charge in [-0.15, -0.1) is 0 Å². The van der Waals surface area contributed by atoms with Crippen LogP contribution in [0.25, 0.3) is 0 Å². The normalized spacial score (nSPS) is 19.6. The molecule has 3 nitrogen and oxygen atoms in total. The van der Waals surface area contributed by atoms with Gasteiger partial charge >= 0.3 is 0 Å². The van der Waals surface area contributed by atoms with Crippen LogP contribution in [-0.4, -0.2) is 38.7 Å². The van der Waals surface area contributed by atoms with Crippen LogP contribution in [0.1, 0.15) is 11.1 Å². The molecule has 1 atom stereocenters. The number of fused-ring (bicyclic) bond motifs is 1. The number of benzene rings is 1. The summed E-state index contributed by atoms with van der Waals surface area (Å²) in [6, 6.07) is 6.94. The summed E-state index contributed by atoms with van der Waals surface area (Å²) < 4.78 is 5.24. The Balaban J connectivity index is 2.09. The highest BCUT2D eigenvalue weighted by Gasteiger charge is 2.18. The Morgan fingerprint density at radius 1 is 1.38 bits per heavy atom. The van der Waals surface area contributed by atoms with Gasteiger partial charge in [-0.3, -0.25) is 0 Å². The largest absolute Gasteiger partial charge is 0.497 e. The smallest absolute Gasteiger partial charge is 0.119 e. The van der Waals surface area contributed by atoms with Gasteiger partial charge in [0.15, 0.2) is 0 Å². The summed E-state index contributed by atoms with van der Waals surface area (Å²) in [5.74, 6) is 0.951. The van der Waals surface area contributed by atoms with Crippen LogP contribution in [0.15, 0.2) is 18.2 Å². The minimum atomic E-state index is 0.566. The van der Waals surface area contributed by atoms with Gasteiger partial charge < -0.3 is 15.0 Å². The predicted molar refractivity (Wildman–Crippen MR) is 65.9 cm³/mol. The van der Waals surface area contributed by atoms with Crippen LogP contribution in [0.2, 0.25) is 0 Å². The SMILES string of the molecule is COc1ccc2c(c1)CNC(CN(C)C)C2. The second-order valence-electron chi connectivity index (χ2n) is 4.68. The van der Waals surface area contributed by atoms with E-state index in [1.807, 2.05) is 0 Å². The van der Waals surface area contributed by atoms with E-state index >= 15 is 0 Å². The zero-order valence-electron chi connectivity index (χ0n) is 10.3. The Labute approximate surface area is 97.4 Å². The van der Waals surface area contributed by atoms with Crippen molar-refractivity contribution in [1.82, 2.24) is 10.2 Å². The summed E-state index contributed by atoms with van der Waals surface area (Å²) in [5.41, 5.74) is 2.82. The van der Waals surface area contributed by atoms with E-state index in [-0.39, 0.29) is 0 Å². The monoisotopic (exact) mass is 220 g/mol. The maximum Gasteiger partial charge on any atom is 0.119 e. The first-order valence-electron chi connectivity index (χ1n) is 5.73. The Kier molecular flexibility index (Phi) is 3.46. The maximum atomic E-state index is 5.24. The number of likely N-dealkylation sites (N-methyl/N-ethyl adjacent to an activating group) is 1. The highest BCUT2D eigenvalue weighted by molar-refractivity contribution is 5.37. The highest BCUT2D eigenvalue weighted by atomic mass is 16.5. The van der Waals surface area contributed by atoms with Gasteiger partial charge in [0.2, 0.25) is 0 Å². The molecular formula is C13H20N2O. The van der Waals surface area contributed by atoms with Crippen molar-refractivity contribution in [3.8, 4) is 5.75 Å². The number of methoxy groups -OCH3 is 1. The first kappa shape index (κ1) is 11.4. The van der Waals surface area contributed by atoms with Crippen molar-refractivity contribution in [3.63, 3.8) is 0 Å². The molecule has 88 valence electrons. The minimum absolute atomic E-state index is 0.566. The highest BCUT2D eigenvalue weighted by Crippen LogP contribution is 2.22. The molecule has 0 saturated heterocycles. The Hall–Kier alpha value is -1.06. The Bertz CT molecular complexity index is 363. The van der Waals surface area contributed by atoms with E-state index < -0.39 is 0 Å². The van der Waals surface area contributed by atoms with Gasteiger partial charge in [0.25, 0.3) is 0 Å². The quantitative estimate of drug-likeness (QED) is 0.830. The fourth-order valence-electron chi connectivity index (χ4n) is 2.25. The van der Waals surface area contributed by atoms with E-state index in [0.717, 1.165) is 25.3 Å². The van der Waals surface area contributed by atoms with Gasteiger partial charge in [-0.25, -0.2) is 0 Å². The van der Waals surface area contributed by atoms with Crippen LogP contribution in [0.3, 0.4) is 0 Å². The standard InChI is InChI=1S/C13H20N2O/c1-15(2)9-12-6-10-4-5-13(16-3)7-11(10)8-14-12/h4-5,7,12,14H,6,8-9H2,1-3H3. The molecule has 0 fully saturated rings. The fraction of sp³-hybridized carbons (Fsp3) is 0.538. The second kappa shape index (κ2) is 4.85. The number of hydrogen-bond donors (Lipinski definition) is 1. The summed E-state index contributed by atoms with van der Waals surface area (Å²) in [7, 11) is 5.95. The van der Waals surface area contributed by atoms with E-state index in [4.69, 9.17) is 4.74 Å². The minimum Gasteiger partial charge on any atom is -0.497 e. The van der Waals surface area contributed by atoms with Crippen molar-refractivity contribution in [2.24, 2.45) is 0 Å². The lowest BCUT2D eigenvalue weighted by Crippen LogP contribution is -2.42. The Morgan fingerprint density at radius 3 is 2.88 bits per heavy atom. The molecule has 1 aromatic rings. The molecule has 2 rings (SSSR count). The summed E-state index contributed by atoms with van der Waals surface area (Å²) >= 11 is 0. The third-order valence-corrected chi connectivity index (χ3v) is 3.05. The Morgan fingerprint density at radius 2 is 2.19 bits per heavy atom. The first-order chi connectivity index (χ1) is 7.69. The molecule has 1 N–H and O–H groups in total. The van der Waals surface area contributed by atoms with Crippen LogP contribution in [0.5, 0.6) is 5.75 Å². The van der Waals surface area contributed by atoms with Crippen molar-refractivity contribution < 1.29 is 4.74 Å². The van der Waals surface area contributed by atoms with E-state index in [1.165, 1.54) is 11.1 Å². The average Bonchev–Trinajstić information content (AvgIpc) is 2.27. The molecule has 0 aliphatic carbocycles. The van der Waals surface area contributed by atoms with E-state index in [0.29, 0.717) is 6.04 Å². The molecule has 1 aliphatic rings. The van der Waals surface area contributed by atoms with Crippen molar-refractivity contribution >= 4 is 0 Å². The third-order valence-electron chi connectivity index (χ3n) is 3.05. The van der Waals surface area contributed by atoms with Gasteiger partial charge in [0.1, 0.15) is 5.75 Å². The third kappa shape index (κ3) is 2.54. The average molecular weight is 220 g/mol. The molecule has 1 heterocycles. The van der Waals surface area contributed by atoms with E-state index in [9.17, 15) is 0 Å². The van der Waals surface area contributed by atoms with Crippen molar-refractivity contribution in [2.45, 2.75) is 19.0 Å². The van der Waals surface area contributed by atoms with Crippen LogP contribution in [0.4, 0.5) is 0 Å². The molecule has 1 aliphatic heterocycles. The molecule has 0 bridgehead atoms. The molecular weight excluding hydrogens is 200 g/mol. The van der Waals surface area contributed by atoms with Crippen LogP contribution >= 0.6 is 0 Å². The van der Waals surface area contributed by atoms with Crippen molar-refractivity contribution in [1.29, 1.82) is 0 Å². The lowest BCUT2D eigenvalue weighted by molar-refractivity contribution is 0.325. The van der Waals surface area contributed by atoms with E-state index in [1.54, 1.807) is 7.11 Å². The fourth-order valence-corrected chi connectivity index (χ4v) is 2.25. The van der Waals surface area contributed by atoms with Gasteiger partial charge in [-0.05, 0) is 43.8 Å². The molecule has 0 aromatic heterocycles. The van der Waals surface area contributed by atoms with Gasteiger partial charge in [0, 0.05) is 19.1 Å². The molecule has 3 heteroatoms.